The van der Waals surface area contributed by atoms with Gasteiger partial charge in [0.15, 0.2) is 0 Å². The third-order valence-corrected chi connectivity index (χ3v) is 3.29. The molecule has 98 valence electrons. The van der Waals surface area contributed by atoms with Gasteiger partial charge in [-0.15, -0.1) is 0 Å². The highest BCUT2D eigenvalue weighted by molar-refractivity contribution is 7.93. The van der Waals surface area contributed by atoms with E-state index in [4.69, 9.17) is 27.4 Å². The van der Waals surface area contributed by atoms with E-state index in [1.165, 1.54) is 23.2 Å². The summed E-state index contributed by atoms with van der Waals surface area (Å²) in [6.07, 6.45) is 4.56. The molecule has 0 bridgehead atoms. The molecule has 0 saturated carbocycles. The maximum absolute atomic E-state index is 5.54. The smallest absolute Gasteiger partial charge is 0.103 e. The predicted octanol–water partition coefficient (Wildman–Crippen LogP) is 5.51. The fourth-order valence-electron chi connectivity index (χ4n) is 1.23. The molecule has 0 aliphatic heterocycles. The molecule has 0 atom stereocenters. The number of halogens is 2. The average Bonchev–Trinajstić information content (AvgIpc) is 2.37. The first-order chi connectivity index (χ1) is 8.68. The van der Waals surface area contributed by atoms with Gasteiger partial charge in [0, 0.05) is 5.75 Å². The van der Waals surface area contributed by atoms with Crippen LogP contribution in [0.25, 0.3) is 0 Å². The van der Waals surface area contributed by atoms with Crippen molar-refractivity contribution >= 4 is 35.2 Å². The lowest BCUT2D eigenvalue weighted by Gasteiger charge is -2.01. The minimum Gasteiger partial charge on any atom is -0.311 e. The Morgan fingerprint density at radius 3 is 2.61 bits per heavy atom. The molecule has 0 spiro atoms. The van der Waals surface area contributed by atoms with Crippen LogP contribution in [-0.4, -0.2) is 6.61 Å². The van der Waals surface area contributed by atoms with E-state index in [9.17, 15) is 0 Å². The number of hydrogen-bond donors (Lipinski definition) is 0. The minimum absolute atomic E-state index is 0.308. The Balaban J connectivity index is 2.15. The first-order valence-corrected chi connectivity index (χ1v) is 7.30. The summed E-state index contributed by atoms with van der Waals surface area (Å²) in [5.41, 5.74) is 2.45. The van der Waals surface area contributed by atoms with Gasteiger partial charge in [-0.25, -0.2) is 0 Å². The highest BCUT2D eigenvalue weighted by Gasteiger charge is 1.93. The van der Waals surface area contributed by atoms with Gasteiger partial charge < -0.3 is 4.18 Å². The van der Waals surface area contributed by atoms with Gasteiger partial charge in [-0.3, -0.25) is 0 Å². The average molecular weight is 303 g/mol. The van der Waals surface area contributed by atoms with Crippen LogP contribution < -0.4 is 0 Å². The van der Waals surface area contributed by atoms with Crippen LogP contribution in [0.2, 0.25) is 0 Å². The number of hydrogen-bond acceptors (Lipinski definition) is 2. The van der Waals surface area contributed by atoms with Crippen LogP contribution in [-0.2, 0) is 9.94 Å². The van der Waals surface area contributed by atoms with E-state index in [0.717, 1.165) is 12.2 Å². The maximum Gasteiger partial charge on any atom is 0.103 e. The third-order valence-electron chi connectivity index (χ3n) is 2.23. The Morgan fingerprint density at radius 1 is 1.22 bits per heavy atom. The number of benzene rings is 1. The molecule has 4 heteroatoms. The Bertz CT molecular complexity index is 398. The summed E-state index contributed by atoms with van der Waals surface area (Å²) < 4.78 is 5.78. The molecule has 0 radical (unpaired) electrons. The van der Waals surface area contributed by atoms with E-state index < -0.39 is 0 Å². The van der Waals surface area contributed by atoms with Crippen LogP contribution in [0.1, 0.15) is 18.9 Å². The van der Waals surface area contributed by atoms with Crippen LogP contribution in [0.4, 0.5) is 0 Å². The highest BCUT2D eigenvalue weighted by atomic mass is 35.5. The zero-order chi connectivity index (χ0) is 13.2. The van der Waals surface area contributed by atoms with Crippen LogP contribution in [0.5, 0.6) is 0 Å². The summed E-state index contributed by atoms with van der Waals surface area (Å²) in [6, 6.07) is 10.2. The summed E-state index contributed by atoms with van der Waals surface area (Å²) >= 11 is 12.5. The molecule has 0 fully saturated rings. The van der Waals surface area contributed by atoms with Gasteiger partial charge in [-0.2, -0.15) is 0 Å². The zero-order valence-corrected chi connectivity index (χ0v) is 12.6. The van der Waals surface area contributed by atoms with Gasteiger partial charge in [-0.1, -0.05) is 71.3 Å². The minimum atomic E-state index is 0.308. The molecular weight excluding hydrogens is 287 g/mol. The molecule has 0 amide bonds. The van der Waals surface area contributed by atoms with Crippen molar-refractivity contribution in [3.05, 3.63) is 58.1 Å². The van der Waals surface area contributed by atoms with E-state index in [2.05, 4.69) is 12.1 Å². The first kappa shape index (κ1) is 15.6. The molecule has 0 heterocycles. The summed E-state index contributed by atoms with van der Waals surface area (Å²) in [4.78, 5) is 0. The Morgan fingerprint density at radius 2 is 1.94 bits per heavy atom. The first-order valence-electron chi connectivity index (χ1n) is 5.63. The zero-order valence-electron chi connectivity index (χ0n) is 10.2. The standard InChI is InChI=1S/C14H16Cl2OS/c1-12(7-8-14(15)16)9-10-17-18-11-13-5-3-2-4-6-13/h2-6,8-9H,7,10-11H2,1H3/b12-9+. The van der Waals surface area contributed by atoms with Crippen LogP contribution in [0.3, 0.4) is 0 Å². The van der Waals surface area contributed by atoms with Crippen molar-refractivity contribution in [2.24, 2.45) is 0 Å². The van der Waals surface area contributed by atoms with Crippen LogP contribution in [0.15, 0.2) is 52.5 Å². The largest absolute Gasteiger partial charge is 0.311 e. The van der Waals surface area contributed by atoms with Crippen molar-refractivity contribution in [1.29, 1.82) is 0 Å². The predicted molar refractivity (Wildman–Crippen MR) is 81.9 cm³/mol. The lowest BCUT2D eigenvalue weighted by Crippen LogP contribution is -1.86. The number of rotatable bonds is 7. The van der Waals surface area contributed by atoms with Crippen LogP contribution in [0, 0.1) is 0 Å². The van der Waals surface area contributed by atoms with Crippen molar-refractivity contribution in [3.63, 3.8) is 0 Å². The van der Waals surface area contributed by atoms with Crippen molar-refractivity contribution in [2.75, 3.05) is 6.61 Å². The van der Waals surface area contributed by atoms with Crippen molar-refractivity contribution in [2.45, 2.75) is 19.1 Å². The summed E-state index contributed by atoms with van der Waals surface area (Å²) in [6.45, 7) is 2.62. The lowest BCUT2D eigenvalue weighted by atomic mass is 10.2. The molecule has 0 N–H and O–H groups in total. The molecule has 0 saturated heterocycles. The van der Waals surface area contributed by atoms with Crippen molar-refractivity contribution in [3.8, 4) is 0 Å². The van der Waals surface area contributed by atoms with Crippen LogP contribution >= 0.6 is 35.2 Å². The van der Waals surface area contributed by atoms with E-state index in [0.29, 0.717) is 11.1 Å². The number of allylic oxidation sites excluding steroid dienone is 2. The third kappa shape index (κ3) is 7.83. The van der Waals surface area contributed by atoms with E-state index in [1.807, 2.05) is 31.2 Å². The van der Waals surface area contributed by atoms with Gasteiger partial charge in [0.2, 0.25) is 0 Å². The van der Waals surface area contributed by atoms with E-state index >= 15 is 0 Å². The summed E-state index contributed by atoms with van der Waals surface area (Å²) in [5.74, 6) is 0.862. The topological polar surface area (TPSA) is 9.23 Å². The van der Waals surface area contributed by atoms with E-state index in [-0.39, 0.29) is 0 Å². The molecule has 0 aliphatic rings. The molecule has 1 aromatic carbocycles. The normalized spacial score (nSPS) is 11.4. The molecule has 1 rings (SSSR count). The fourth-order valence-corrected chi connectivity index (χ4v) is 1.96. The second kappa shape index (κ2) is 9.51. The molecular formula is C14H16Cl2OS. The van der Waals surface area contributed by atoms with Gasteiger partial charge in [0.25, 0.3) is 0 Å². The molecule has 1 aromatic rings. The van der Waals surface area contributed by atoms with Crippen molar-refractivity contribution in [1.82, 2.24) is 0 Å². The monoisotopic (exact) mass is 302 g/mol. The molecule has 0 unspecified atom stereocenters. The van der Waals surface area contributed by atoms with Gasteiger partial charge in [0.05, 0.1) is 6.61 Å². The molecule has 1 nitrogen and oxygen atoms in total. The molecule has 0 aliphatic carbocycles. The maximum atomic E-state index is 5.54. The van der Waals surface area contributed by atoms with Crippen molar-refractivity contribution < 1.29 is 4.18 Å². The Kier molecular flexibility index (Phi) is 8.27. The highest BCUT2D eigenvalue weighted by Crippen LogP contribution is 2.14. The molecule has 0 aromatic heterocycles. The lowest BCUT2D eigenvalue weighted by molar-refractivity contribution is 0.427. The van der Waals surface area contributed by atoms with Gasteiger partial charge in [-0.05, 0) is 31.0 Å². The van der Waals surface area contributed by atoms with E-state index in [1.54, 1.807) is 6.08 Å². The molecule has 18 heavy (non-hydrogen) atoms. The van der Waals surface area contributed by atoms with Gasteiger partial charge in [0.1, 0.15) is 4.49 Å². The summed E-state index contributed by atoms with van der Waals surface area (Å²) in [7, 11) is 0. The second-order valence-corrected chi connectivity index (χ2v) is 5.55. The quantitative estimate of drug-likeness (QED) is 0.373. The second-order valence-electron chi connectivity index (χ2n) is 3.78. The Hall–Kier alpha value is -0.410. The fraction of sp³-hybridized carbons (Fsp3) is 0.286. The summed E-state index contributed by atoms with van der Waals surface area (Å²) in [5, 5.41) is 0. The SMILES string of the molecule is C/C(=C\COSCc1ccccc1)CC=C(Cl)Cl. The van der Waals surface area contributed by atoms with Gasteiger partial charge >= 0.3 is 0 Å². The Labute approximate surface area is 123 Å².